The number of para-hydroxylation sites is 1. The molecule has 0 fully saturated rings. The minimum Gasteiger partial charge on any atom is -0.347 e. The van der Waals surface area contributed by atoms with Gasteiger partial charge >= 0.3 is 0 Å². The first kappa shape index (κ1) is 17.7. The topological polar surface area (TPSA) is 58.2 Å². The number of rotatable bonds is 4. The summed E-state index contributed by atoms with van der Waals surface area (Å²) in [5.41, 5.74) is 1.18. The van der Waals surface area contributed by atoms with E-state index in [9.17, 15) is 14.0 Å². The van der Waals surface area contributed by atoms with Gasteiger partial charge in [0, 0.05) is 5.54 Å². The summed E-state index contributed by atoms with van der Waals surface area (Å²) in [5, 5.41) is 5.62. The monoisotopic (exact) mass is 328 g/mol. The van der Waals surface area contributed by atoms with Crippen molar-refractivity contribution in [1.29, 1.82) is 0 Å². The predicted octanol–water partition coefficient (Wildman–Crippen LogP) is 3.54. The van der Waals surface area contributed by atoms with Crippen LogP contribution in [0.4, 0.5) is 10.1 Å². The van der Waals surface area contributed by atoms with Crippen LogP contribution in [0.5, 0.6) is 0 Å². The minimum absolute atomic E-state index is 0.107. The van der Waals surface area contributed by atoms with E-state index in [4.69, 9.17) is 0 Å². The van der Waals surface area contributed by atoms with Gasteiger partial charge in [-0.1, -0.05) is 24.3 Å². The Morgan fingerprint density at radius 3 is 2.25 bits per heavy atom. The molecule has 2 aromatic carbocycles. The van der Waals surface area contributed by atoms with Crippen molar-refractivity contribution >= 4 is 17.5 Å². The molecule has 0 aliphatic rings. The number of benzene rings is 2. The molecule has 0 bridgehead atoms. The van der Waals surface area contributed by atoms with Gasteiger partial charge in [0.05, 0.1) is 17.7 Å². The number of amides is 2. The molecular weight excluding hydrogens is 307 g/mol. The van der Waals surface area contributed by atoms with Crippen molar-refractivity contribution in [3.63, 3.8) is 0 Å². The molecule has 2 aromatic rings. The number of carbonyl (C=O) groups is 2. The zero-order chi connectivity index (χ0) is 17.7. The van der Waals surface area contributed by atoms with Gasteiger partial charge in [0.1, 0.15) is 5.82 Å². The van der Waals surface area contributed by atoms with Crippen molar-refractivity contribution in [3.05, 3.63) is 65.5 Å². The smallest absolute Gasteiger partial charge is 0.253 e. The summed E-state index contributed by atoms with van der Waals surface area (Å²) < 4.78 is 12.9. The summed E-state index contributed by atoms with van der Waals surface area (Å²) in [6, 6.07) is 12.6. The van der Waals surface area contributed by atoms with E-state index in [0.717, 1.165) is 0 Å². The Kier molecular flexibility index (Phi) is 5.34. The van der Waals surface area contributed by atoms with E-state index >= 15 is 0 Å². The van der Waals surface area contributed by atoms with Crippen molar-refractivity contribution < 1.29 is 14.0 Å². The molecule has 2 amide bonds. The summed E-state index contributed by atoms with van der Waals surface area (Å²) in [7, 11) is 0. The number of carbonyl (C=O) groups excluding carboxylic acids is 2. The number of anilines is 1. The van der Waals surface area contributed by atoms with Crippen LogP contribution in [0.25, 0.3) is 0 Å². The molecule has 24 heavy (non-hydrogen) atoms. The van der Waals surface area contributed by atoms with E-state index in [1.165, 1.54) is 12.1 Å². The normalized spacial score (nSPS) is 11.0. The molecule has 2 N–H and O–H groups in total. The quantitative estimate of drug-likeness (QED) is 0.902. The maximum Gasteiger partial charge on any atom is 0.253 e. The van der Waals surface area contributed by atoms with Gasteiger partial charge in [0.25, 0.3) is 5.91 Å². The van der Waals surface area contributed by atoms with Gasteiger partial charge < -0.3 is 10.6 Å². The molecule has 0 radical (unpaired) electrons. The zero-order valence-corrected chi connectivity index (χ0v) is 14.0. The highest BCUT2D eigenvalue weighted by Gasteiger charge is 2.18. The number of hydrogen-bond donors (Lipinski definition) is 2. The highest BCUT2D eigenvalue weighted by molar-refractivity contribution is 6.04. The van der Waals surface area contributed by atoms with Gasteiger partial charge in [-0.3, -0.25) is 9.59 Å². The lowest BCUT2D eigenvalue weighted by atomic mass is 10.1. The molecule has 0 atom stereocenters. The maximum absolute atomic E-state index is 12.9. The van der Waals surface area contributed by atoms with Crippen LogP contribution in [0.3, 0.4) is 0 Å². The lowest BCUT2D eigenvalue weighted by Crippen LogP contribution is -2.40. The third-order valence-corrected chi connectivity index (χ3v) is 3.21. The van der Waals surface area contributed by atoms with Crippen molar-refractivity contribution in [3.8, 4) is 0 Å². The molecular formula is C19H21FN2O2. The van der Waals surface area contributed by atoms with E-state index in [2.05, 4.69) is 10.6 Å². The van der Waals surface area contributed by atoms with Gasteiger partial charge in [-0.15, -0.1) is 0 Å². The Balaban J connectivity index is 2.10. The van der Waals surface area contributed by atoms with E-state index in [1.807, 2.05) is 20.8 Å². The first-order chi connectivity index (χ1) is 11.2. The maximum atomic E-state index is 12.9. The Bertz CT molecular complexity index is 734. The summed E-state index contributed by atoms with van der Waals surface area (Å²) in [5.74, 6) is -0.860. The van der Waals surface area contributed by atoms with E-state index in [0.29, 0.717) is 16.8 Å². The number of halogens is 1. The van der Waals surface area contributed by atoms with Crippen LogP contribution in [-0.4, -0.2) is 17.4 Å². The third-order valence-electron chi connectivity index (χ3n) is 3.21. The fraction of sp³-hybridized carbons (Fsp3) is 0.263. The van der Waals surface area contributed by atoms with Crippen LogP contribution < -0.4 is 10.6 Å². The summed E-state index contributed by atoms with van der Waals surface area (Å²) >= 11 is 0. The van der Waals surface area contributed by atoms with Gasteiger partial charge in [-0.2, -0.15) is 0 Å². The number of hydrogen-bond acceptors (Lipinski definition) is 2. The van der Waals surface area contributed by atoms with Gasteiger partial charge in [-0.25, -0.2) is 4.39 Å². The molecule has 0 unspecified atom stereocenters. The minimum atomic E-state index is -0.373. The first-order valence-electron chi connectivity index (χ1n) is 7.70. The SMILES string of the molecule is CC(C)(C)NC(=O)c1ccccc1NC(=O)Cc1ccc(F)cc1. The van der Waals surface area contributed by atoms with E-state index in [1.54, 1.807) is 36.4 Å². The highest BCUT2D eigenvalue weighted by Crippen LogP contribution is 2.17. The average molecular weight is 328 g/mol. The molecule has 0 saturated heterocycles. The fourth-order valence-electron chi connectivity index (χ4n) is 2.18. The predicted molar refractivity (Wildman–Crippen MR) is 92.4 cm³/mol. The molecule has 0 aliphatic heterocycles. The molecule has 2 rings (SSSR count). The average Bonchev–Trinajstić information content (AvgIpc) is 2.48. The van der Waals surface area contributed by atoms with Crippen LogP contribution in [0.1, 0.15) is 36.7 Å². The van der Waals surface area contributed by atoms with Crippen LogP contribution in [0, 0.1) is 5.82 Å². The second-order valence-electron chi connectivity index (χ2n) is 6.60. The first-order valence-corrected chi connectivity index (χ1v) is 7.70. The molecule has 4 nitrogen and oxygen atoms in total. The molecule has 0 aromatic heterocycles. The number of nitrogens with one attached hydrogen (secondary N) is 2. The molecule has 0 spiro atoms. The van der Waals surface area contributed by atoms with Crippen molar-refractivity contribution in [2.24, 2.45) is 0 Å². The highest BCUT2D eigenvalue weighted by atomic mass is 19.1. The van der Waals surface area contributed by atoms with E-state index in [-0.39, 0.29) is 29.6 Å². The standard InChI is InChI=1S/C19H21FN2O2/c1-19(2,3)22-18(24)15-6-4-5-7-16(15)21-17(23)12-13-8-10-14(20)11-9-13/h4-11H,12H2,1-3H3,(H,21,23)(H,22,24). The summed E-state index contributed by atoms with van der Waals surface area (Å²) in [6.07, 6.45) is 0.107. The van der Waals surface area contributed by atoms with Gasteiger partial charge in [0.2, 0.25) is 5.91 Å². The Morgan fingerprint density at radius 1 is 1.00 bits per heavy atom. The van der Waals surface area contributed by atoms with Crippen LogP contribution in [0.15, 0.2) is 48.5 Å². The third kappa shape index (κ3) is 5.19. The second kappa shape index (κ2) is 7.25. The Morgan fingerprint density at radius 2 is 1.62 bits per heavy atom. The molecule has 0 saturated carbocycles. The zero-order valence-electron chi connectivity index (χ0n) is 14.0. The van der Waals surface area contributed by atoms with Crippen molar-refractivity contribution in [2.75, 3.05) is 5.32 Å². The molecule has 5 heteroatoms. The van der Waals surface area contributed by atoms with Crippen molar-refractivity contribution in [1.82, 2.24) is 5.32 Å². The molecule has 0 aliphatic carbocycles. The molecule has 0 heterocycles. The van der Waals surface area contributed by atoms with E-state index < -0.39 is 0 Å². The summed E-state index contributed by atoms with van der Waals surface area (Å²) in [6.45, 7) is 5.67. The van der Waals surface area contributed by atoms with Crippen LogP contribution >= 0.6 is 0 Å². The fourth-order valence-corrected chi connectivity index (χ4v) is 2.18. The van der Waals surface area contributed by atoms with Crippen LogP contribution in [0.2, 0.25) is 0 Å². The largest absolute Gasteiger partial charge is 0.347 e. The second-order valence-corrected chi connectivity index (χ2v) is 6.60. The van der Waals surface area contributed by atoms with Gasteiger partial charge in [-0.05, 0) is 50.6 Å². The lowest BCUT2D eigenvalue weighted by molar-refractivity contribution is -0.115. The Hall–Kier alpha value is -2.69. The van der Waals surface area contributed by atoms with Gasteiger partial charge in [0.15, 0.2) is 0 Å². The summed E-state index contributed by atoms with van der Waals surface area (Å²) in [4.78, 5) is 24.5. The van der Waals surface area contributed by atoms with Crippen molar-refractivity contribution in [2.45, 2.75) is 32.7 Å². The Labute approximate surface area is 141 Å². The molecule has 126 valence electrons. The van der Waals surface area contributed by atoms with Crippen LogP contribution in [-0.2, 0) is 11.2 Å². The lowest BCUT2D eigenvalue weighted by Gasteiger charge is -2.21.